The fourth-order valence-corrected chi connectivity index (χ4v) is 2.20. The SMILES string of the molecule is COc1ccc2[nH]c(C)c(C(C)C(=O)O)c2c1F. The fourth-order valence-electron chi connectivity index (χ4n) is 2.20. The summed E-state index contributed by atoms with van der Waals surface area (Å²) in [5.41, 5.74) is 1.70. The molecule has 2 rings (SSSR count). The molecule has 2 aromatic rings. The number of aryl methyl sites for hydroxylation is 1. The quantitative estimate of drug-likeness (QED) is 0.881. The van der Waals surface area contributed by atoms with Gasteiger partial charge in [-0.2, -0.15) is 0 Å². The van der Waals surface area contributed by atoms with Gasteiger partial charge in [0.05, 0.1) is 13.0 Å². The molecule has 1 aromatic carbocycles. The van der Waals surface area contributed by atoms with Crippen LogP contribution in [-0.2, 0) is 4.79 Å². The van der Waals surface area contributed by atoms with Crippen molar-refractivity contribution < 1.29 is 19.0 Å². The Bertz CT molecular complexity index is 618. The van der Waals surface area contributed by atoms with E-state index in [1.165, 1.54) is 20.1 Å². The number of benzene rings is 1. The van der Waals surface area contributed by atoms with Crippen LogP contribution in [0.1, 0.15) is 24.1 Å². The normalized spacial score (nSPS) is 12.7. The molecule has 18 heavy (non-hydrogen) atoms. The first-order valence-electron chi connectivity index (χ1n) is 5.54. The van der Waals surface area contributed by atoms with E-state index in [1.807, 2.05) is 0 Å². The monoisotopic (exact) mass is 251 g/mol. The van der Waals surface area contributed by atoms with E-state index < -0.39 is 17.7 Å². The number of carboxylic acids is 1. The Hall–Kier alpha value is -2.04. The highest BCUT2D eigenvalue weighted by molar-refractivity contribution is 5.91. The van der Waals surface area contributed by atoms with Gasteiger partial charge < -0.3 is 14.8 Å². The number of rotatable bonds is 3. The van der Waals surface area contributed by atoms with Crippen LogP contribution in [-0.4, -0.2) is 23.2 Å². The number of hydrogen-bond donors (Lipinski definition) is 2. The summed E-state index contributed by atoms with van der Waals surface area (Å²) in [5.74, 6) is -2.18. The molecule has 1 unspecified atom stereocenters. The van der Waals surface area contributed by atoms with E-state index in [9.17, 15) is 9.18 Å². The molecule has 0 amide bonds. The van der Waals surface area contributed by atoms with Crippen molar-refractivity contribution in [3.05, 3.63) is 29.2 Å². The van der Waals surface area contributed by atoms with Gasteiger partial charge in [0.2, 0.25) is 0 Å². The first kappa shape index (κ1) is 12.4. The Morgan fingerprint density at radius 3 is 2.72 bits per heavy atom. The number of aromatic nitrogens is 1. The van der Waals surface area contributed by atoms with Gasteiger partial charge in [-0.25, -0.2) is 4.39 Å². The van der Waals surface area contributed by atoms with Crippen LogP contribution < -0.4 is 4.74 Å². The van der Waals surface area contributed by atoms with Crippen LogP contribution >= 0.6 is 0 Å². The van der Waals surface area contributed by atoms with Gasteiger partial charge in [-0.3, -0.25) is 4.79 Å². The zero-order chi connectivity index (χ0) is 13.4. The topological polar surface area (TPSA) is 62.3 Å². The average molecular weight is 251 g/mol. The number of aliphatic carboxylic acids is 1. The van der Waals surface area contributed by atoms with E-state index in [0.29, 0.717) is 22.2 Å². The summed E-state index contributed by atoms with van der Waals surface area (Å²) in [4.78, 5) is 14.1. The zero-order valence-electron chi connectivity index (χ0n) is 10.4. The number of H-pyrrole nitrogens is 1. The van der Waals surface area contributed by atoms with Crippen LogP contribution in [0.25, 0.3) is 10.9 Å². The Morgan fingerprint density at radius 2 is 2.17 bits per heavy atom. The van der Waals surface area contributed by atoms with Gasteiger partial charge in [0.25, 0.3) is 0 Å². The summed E-state index contributed by atoms with van der Waals surface area (Å²) in [5, 5.41) is 9.38. The molecule has 0 aliphatic rings. The number of aromatic amines is 1. The van der Waals surface area contributed by atoms with Crippen molar-refractivity contribution in [3.63, 3.8) is 0 Å². The predicted molar refractivity (Wildman–Crippen MR) is 65.6 cm³/mol. The number of nitrogens with one attached hydrogen (secondary N) is 1. The Balaban J connectivity index is 2.79. The van der Waals surface area contributed by atoms with Crippen molar-refractivity contribution in [1.82, 2.24) is 4.98 Å². The van der Waals surface area contributed by atoms with Crippen LogP contribution in [0.15, 0.2) is 12.1 Å². The van der Waals surface area contributed by atoms with Gasteiger partial charge in [-0.05, 0) is 31.5 Å². The molecule has 1 aromatic heterocycles. The average Bonchev–Trinajstić information content (AvgIpc) is 2.65. The highest BCUT2D eigenvalue weighted by atomic mass is 19.1. The Kier molecular flexibility index (Phi) is 2.98. The molecule has 96 valence electrons. The van der Waals surface area contributed by atoms with Gasteiger partial charge in [0.15, 0.2) is 11.6 Å². The standard InChI is InChI=1S/C13H14FNO3/c1-6(13(16)17)10-7(2)15-8-4-5-9(18-3)12(14)11(8)10/h4-6,15H,1-3H3,(H,16,17). The van der Waals surface area contributed by atoms with Crippen molar-refractivity contribution in [3.8, 4) is 5.75 Å². The summed E-state index contributed by atoms with van der Waals surface area (Å²) in [7, 11) is 1.38. The third-order valence-electron chi connectivity index (χ3n) is 3.13. The van der Waals surface area contributed by atoms with E-state index in [0.717, 1.165) is 0 Å². The number of fused-ring (bicyclic) bond motifs is 1. The molecule has 0 radical (unpaired) electrons. The summed E-state index contributed by atoms with van der Waals surface area (Å²) in [6.07, 6.45) is 0. The molecule has 0 bridgehead atoms. The number of halogens is 1. The highest BCUT2D eigenvalue weighted by Crippen LogP contribution is 2.34. The van der Waals surface area contributed by atoms with E-state index >= 15 is 0 Å². The van der Waals surface area contributed by atoms with E-state index in [-0.39, 0.29) is 5.75 Å². The first-order chi connectivity index (χ1) is 8.47. The minimum absolute atomic E-state index is 0.111. The summed E-state index contributed by atoms with van der Waals surface area (Å²) < 4.78 is 19.2. The lowest BCUT2D eigenvalue weighted by molar-refractivity contribution is -0.138. The van der Waals surface area contributed by atoms with Gasteiger partial charge in [-0.1, -0.05) is 0 Å². The molecule has 0 spiro atoms. The van der Waals surface area contributed by atoms with Crippen LogP contribution in [0.4, 0.5) is 4.39 Å². The van der Waals surface area contributed by atoms with Crippen LogP contribution in [0.2, 0.25) is 0 Å². The third-order valence-corrected chi connectivity index (χ3v) is 3.13. The van der Waals surface area contributed by atoms with Crippen LogP contribution in [0.5, 0.6) is 5.75 Å². The second-order valence-corrected chi connectivity index (χ2v) is 4.23. The molecular weight excluding hydrogens is 237 g/mol. The smallest absolute Gasteiger partial charge is 0.310 e. The van der Waals surface area contributed by atoms with Crippen LogP contribution in [0.3, 0.4) is 0 Å². The van der Waals surface area contributed by atoms with Gasteiger partial charge >= 0.3 is 5.97 Å². The maximum Gasteiger partial charge on any atom is 0.310 e. The lowest BCUT2D eigenvalue weighted by Gasteiger charge is -2.08. The molecular formula is C13H14FNO3. The van der Waals surface area contributed by atoms with E-state index in [4.69, 9.17) is 9.84 Å². The van der Waals surface area contributed by atoms with E-state index in [2.05, 4.69) is 4.98 Å². The van der Waals surface area contributed by atoms with Crippen molar-refractivity contribution in [2.24, 2.45) is 0 Å². The molecule has 0 fully saturated rings. The fraction of sp³-hybridized carbons (Fsp3) is 0.308. The summed E-state index contributed by atoms with van der Waals surface area (Å²) >= 11 is 0. The second kappa shape index (κ2) is 4.33. The Morgan fingerprint density at radius 1 is 1.50 bits per heavy atom. The summed E-state index contributed by atoms with van der Waals surface area (Å²) in [6.45, 7) is 3.28. The van der Waals surface area contributed by atoms with Crippen molar-refractivity contribution in [2.75, 3.05) is 7.11 Å². The van der Waals surface area contributed by atoms with Gasteiger partial charge in [-0.15, -0.1) is 0 Å². The number of methoxy groups -OCH3 is 1. The van der Waals surface area contributed by atoms with Gasteiger partial charge in [0, 0.05) is 16.6 Å². The van der Waals surface area contributed by atoms with Crippen molar-refractivity contribution >= 4 is 16.9 Å². The molecule has 0 saturated heterocycles. The Labute approximate surface area is 103 Å². The van der Waals surface area contributed by atoms with Crippen molar-refractivity contribution in [1.29, 1.82) is 0 Å². The van der Waals surface area contributed by atoms with Crippen LogP contribution in [0, 0.1) is 12.7 Å². The lowest BCUT2D eigenvalue weighted by atomic mass is 9.97. The third kappa shape index (κ3) is 1.72. The maximum absolute atomic E-state index is 14.2. The molecule has 0 aliphatic heterocycles. The summed E-state index contributed by atoms with van der Waals surface area (Å²) in [6, 6.07) is 3.20. The van der Waals surface area contributed by atoms with E-state index in [1.54, 1.807) is 13.0 Å². The molecule has 1 atom stereocenters. The zero-order valence-corrected chi connectivity index (χ0v) is 10.4. The molecule has 0 aliphatic carbocycles. The maximum atomic E-state index is 14.2. The molecule has 4 nitrogen and oxygen atoms in total. The molecule has 0 saturated carbocycles. The number of carboxylic acid groups (broad SMARTS) is 1. The largest absolute Gasteiger partial charge is 0.494 e. The second-order valence-electron chi connectivity index (χ2n) is 4.23. The minimum atomic E-state index is -0.985. The lowest BCUT2D eigenvalue weighted by Crippen LogP contribution is -2.08. The number of carbonyl (C=O) groups is 1. The van der Waals surface area contributed by atoms with Gasteiger partial charge in [0.1, 0.15) is 0 Å². The number of hydrogen-bond acceptors (Lipinski definition) is 2. The molecule has 5 heteroatoms. The van der Waals surface area contributed by atoms with Crippen molar-refractivity contribution in [2.45, 2.75) is 19.8 Å². The first-order valence-corrected chi connectivity index (χ1v) is 5.54. The predicted octanol–water partition coefficient (Wildman–Crippen LogP) is 2.81. The number of ether oxygens (including phenoxy) is 1. The highest BCUT2D eigenvalue weighted by Gasteiger charge is 2.24. The minimum Gasteiger partial charge on any atom is -0.494 e. The molecule has 1 heterocycles. The molecule has 2 N–H and O–H groups in total.